The zero-order valence-corrected chi connectivity index (χ0v) is 18.6. The third kappa shape index (κ3) is 4.14. The number of imide groups is 1. The molecule has 1 aliphatic rings. The average molecular weight is 429 g/mol. The fraction of sp³-hybridized carbons (Fsp3) is 0.154. The van der Waals surface area contributed by atoms with Gasteiger partial charge in [0.1, 0.15) is 10.6 Å². The molecule has 3 aromatic carbocycles. The Morgan fingerprint density at radius 2 is 1.35 bits per heavy atom. The Labute approximate surface area is 187 Å². The fourth-order valence-electron chi connectivity index (χ4n) is 3.52. The van der Waals surface area contributed by atoms with Crippen molar-refractivity contribution >= 4 is 35.0 Å². The van der Waals surface area contributed by atoms with E-state index in [1.807, 2.05) is 92.0 Å². The minimum Gasteiger partial charge on any atom is -0.339 e. The fourth-order valence-corrected chi connectivity index (χ4v) is 4.54. The lowest BCUT2D eigenvalue weighted by Gasteiger charge is -2.21. The van der Waals surface area contributed by atoms with E-state index in [1.54, 1.807) is 4.90 Å². The molecule has 31 heavy (non-hydrogen) atoms. The summed E-state index contributed by atoms with van der Waals surface area (Å²) in [5, 5.41) is 0. The summed E-state index contributed by atoms with van der Waals surface area (Å²) in [6.07, 6.45) is 0. The van der Waals surface area contributed by atoms with E-state index in [0.29, 0.717) is 22.2 Å². The SMILES string of the molecule is CC(C)c1ccc(N2C(=O)C(Sc3ccccc3)=C(N(C)c3ccccc3)C2=O)cc1. The molecular weight excluding hydrogens is 404 g/mol. The molecule has 4 rings (SSSR count). The average Bonchev–Trinajstić information content (AvgIpc) is 3.04. The largest absolute Gasteiger partial charge is 0.339 e. The first-order valence-electron chi connectivity index (χ1n) is 10.2. The number of amides is 2. The van der Waals surface area contributed by atoms with Crippen molar-refractivity contribution in [3.05, 3.63) is 101 Å². The van der Waals surface area contributed by atoms with Gasteiger partial charge >= 0.3 is 0 Å². The number of likely N-dealkylation sites (N-methyl/N-ethyl adjacent to an activating group) is 1. The van der Waals surface area contributed by atoms with Gasteiger partial charge in [0.2, 0.25) is 0 Å². The number of carbonyl (C=O) groups excluding carboxylic acids is 2. The van der Waals surface area contributed by atoms with Gasteiger partial charge in [-0.2, -0.15) is 0 Å². The number of para-hydroxylation sites is 1. The Morgan fingerprint density at radius 3 is 1.94 bits per heavy atom. The molecule has 3 aromatic rings. The van der Waals surface area contributed by atoms with Crippen LogP contribution in [-0.2, 0) is 9.59 Å². The van der Waals surface area contributed by atoms with E-state index in [9.17, 15) is 9.59 Å². The topological polar surface area (TPSA) is 40.6 Å². The highest BCUT2D eigenvalue weighted by atomic mass is 32.2. The van der Waals surface area contributed by atoms with Crippen molar-refractivity contribution in [2.75, 3.05) is 16.8 Å². The van der Waals surface area contributed by atoms with Crippen molar-refractivity contribution in [2.24, 2.45) is 0 Å². The Kier molecular flexibility index (Phi) is 5.96. The van der Waals surface area contributed by atoms with Crippen LogP contribution in [0.25, 0.3) is 0 Å². The number of benzene rings is 3. The molecule has 0 N–H and O–H groups in total. The van der Waals surface area contributed by atoms with Crippen LogP contribution in [0.4, 0.5) is 11.4 Å². The molecule has 0 aromatic heterocycles. The van der Waals surface area contributed by atoms with Crippen molar-refractivity contribution in [2.45, 2.75) is 24.7 Å². The molecule has 0 bridgehead atoms. The number of hydrogen-bond acceptors (Lipinski definition) is 4. The van der Waals surface area contributed by atoms with Crippen LogP contribution in [0, 0.1) is 0 Å². The molecule has 1 heterocycles. The monoisotopic (exact) mass is 428 g/mol. The summed E-state index contributed by atoms with van der Waals surface area (Å²) in [6.45, 7) is 4.23. The number of carbonyl (C=O) groups is 2. The molecule has 0 saturated heterocycles. The predicted molar refractivity (Wildman–Crippen MR) is 127 cm³/mol. The molecule has 0 spiro atoms. The van der Waals surface area contributed by atoms with E-state index in [2.05, 4.69) is 13.8 Å². The lowest BCUT2D eigenvalue weighted by molar-refractivity contribution is -0.120. The highest BCUT2D eigenvalue weighted by molar-refractivity contribution is 8.04. The predicted octanol–water partition coefficient (Wildman–Crippen LogP) is 5.82. The maximum absolute atomic E-state index is 13.5. The maximum atomic E-state index is 13.5. The summed E-state index contributed by atoms with van der Waals surface area (Å²) in [7, 11) is 1.83. The Balaban J connectivity index is 1.76. The lowest BCUT2D eigenvalue weighted by atomic mass is 10.0. The first kappa shape index (κ1) is 20.9. The van der Waals surface area contributed by atoms with Crippen LogP contribution < -0.4 is 9.80 Å². The highest BCUT2D eigenvalue weighted by Gasteiger charge is 2.42. The summed E-state index contributed by atoms with van der Waals surface area (Å²) >= 11 is 1.33. The Bertz CT molecular complexity index is 1120. The van der Waals surface area contributed by atoms with Crippen LogP contribution in [0.1, 0.15) is 25.3 Å². The van der Waals surface area contributed by atoms with Crippen LogP contribution >= 0.6 is 11.8 Å². The molecule has 1 aliphatic heterocycles. The van der Waals surface area contributed by atoms with Gasteiger partial charge in [-0.1, -0.05) is 74.1 Å². The molecular formula is C26H24N2O2S. The zero-order chi connectivity index (χ0) is 22.0. The first-order chi connectivity index (χ1) is 15.0. The van der Waals surface area contributed by atoms with Gasteiger partial charge in [0, 0.05) is 17.6 Å². The molecule has 0 fully saturated rings. The van der Waals surface area contributed by atoms with E-state index in [0.717, 1.165) is 16.1 Å². The second-order valence-corrected chi connectivity index (χ2v) is 8.76. The van der Waals surface area contributed by atoms with Gasteiger partial charge in [-0.15, -0.1) is 0 Å². The van der Waals surface area contributed by atoms with Crippen LogP contribution in [-0.4, -0.2) is 18.9 Å². The first-order valence-corrected chi connectivity index (χ1v) is 11.0. The highest BCUT2D eigenvalue weighted by Crippen LogP contribution is 2.39. The Morgan fingerprint density at radius 1 is 0.774 bits per heavy atom. The van der Waals surface area contributed by atoms with Crippen molar-refractivity contribution in [1.82, 2.24) is 0 Å². The molecule has 2 amide bonds. The normalized spacial score (nSPS) is 14.0. The van der Waals surface area contributed by atoms with Gasteiger partial charge in [-0.3, -0.25) is 9.59 Å². The number of thioether (sulfide) groups is 1. The van der Waals surface area contributed by atoms with Crippen molar-refractivity contribution in [3.8, 4) is 0 Å². The van der Waals surface area contributed by atoms with Gasteiger partial charge in [-0.05, 0) is 47.9 Å². The molecule has 156 valence electrons. The number of rotatable bonds is 6. The number of anilines is 2. The van der Waals surface area contributed by atoms with E-state index in [-0.39, 0.29) is 11.8 Å². The van der Waals surface area contributed by atoms with Crippen molar-refractivity contribution in [3.63, 3.8) is 0 Å². The van der Waals surface area contributed by atoms with E-state index >= 15 is 0 Å². The molecule has 0 aliphatic carbocycles. The zero-order valence-electron chi connectivity index (χ0n) is 17.8. The van der Waals surface area contributed by atoms with Gasteiger partial charge in [0.25, 0.3) is 11.8 Å². The van der Waals surface area contributed by atoms with E-state index in [4.69, 9.17) is 0 Å². The molecule has 0 atom stereocenters. The number of hydrogen-bond donors (Lipinski definition) is 0. The van der Waals surface area contributed by atoms with Crippen LogP contribution in [0.15, 0.2) is 100 Å². The van der Waals surface area contributed by atoms with Crippen LogP contribution in [0.3, 0.4) is 0 Å². The smallest absolute Gasteiger partial charge is 0.283 e. The van der Waals surface area contributed by atoms with Crippen molar-refractivity contribution in [1.29, 1.82) is 0 Å². The quantitative estimate of drug-likeness (QED) is 0.464. The maximum Gasteiger partial charge on any atom is 0.283 e. The van der Waals surface area contributed by atoms with Gasteiger partial charge in [0.15, 0.2) is 0 Å². The van der Waals surface area contributed by atoms with Crippen LogP contribution in [0.5, 0.6) is 0 Å². The molecule has 0 radical (unpaired) electrons. The third-order valence-electron chi connectivity index (χ3n) is 5.28. The third-order valence-corrected chi connectivity index (χ3v) is 6.36. The van der Waals surface area contributed by atoms with E-state index < -0.39 is 0 Å². The molecule has 0 saturated carbocycles. The van der Waals surface area contributed by atoms with Gasteiger partial charge < -0.3 is 4.90 Å². The minimum absolute atomic E-state index is 0.297. The molecule has 0 unspecified atom stereocenters. The Hall–Kier alpha value is -3.31. The summed E-state index contributed by atoms with van der Waals surface area (Å²) < 4.78 is 0. The van der Waals surface area contributed by atoms with E-state index in [1.165, 1.54) is 16.7 Å². The summed E-state index contributed by atoms with van der Waals surface area (Å²) in [6, 6.07) is 26.9. The van der Waals surface area contributed by atoms with Crippen LogP contribution in [0.2, 0.25) is 0 Å². The minimum atomic E-state index is -0.313. The second-order valence-electron chi connectivity index (χ2n) is 7.68. The summed E-state index contributed by atoms with van der Waals surface area (Å²) in [5.74, 6) is -0.234. The van der Waals surface area contributed by atoms with Gasteiger partial charge in [-0.25, -0.2) is 4.90 Å². The van der Waals surface area contributed by atoms with Gasteiger partial charge in [0.05, 0.1) is 5.69 Å². The lowest BCUT2D eigenvalue weighted by Crippen LogP contribution is -2.34. The standard InChI is InChI=1S/C26H24N2O2S/c1-18(2)19-14-16-21(17-15-19)28-25(29)23(27(3)20-10-6-4-7-11-20)24(26(28)30)31-22-12-8-5-9-13-22/h4-18H,1-3H3. The van der Waals surface area contributed by atoms with Crippen molar-refractivity contribution < 1.29 is 9.59 Å². The molecule has 4 nitrogen and oxygen atoms in total. The number of nitrogens with zero attached hydrogens (tertiary/aromatic N) is 2. The summed E-state index contributed by atoms with van der Waals surface area (Å²) in [4.78, 5) is 31.4. The second kappa shape index (κ2) is 8.82. The molecule has 5 heteroatoms. The summed E-state index contributed by atoms with van der Waals surface area (Å²) in [5.41, 5.74) is 2.98.